The fourth-order valence-electron chi connectivity index (χ4n) is 3.50. The molecule has 0 saturated heterocycles. The van der Waals surface area contributed by atoms with Crippen molar-refractivity contribution in [2.24, 2.45) is 0 Å². The zero-order valence-electron chi connectivity index (χ0n) is 20.4. The molecule has 0 aliphatic heterocycles. The van der Waals surface area contributed by atoms with E-state index in [2.05, 4.69) is 10.6 Å². The van der Waals surface area contributed by atoms with Crippen molar-refractivity contribution in [2.75, 3.05) is 6.29 Å². The first-order valence-corrected chi connectivity index (χ1v) is 13.5. The number of carboxylic acids is 1. The molecule has 0 bridgehead atoms. The van der Waals surface area contributed by atoms with Gasteiger partial charge in [0.2, 0.25) is 5.91 Å². The Bertz CT molecular complexity index is 1240. The van der Waals surface area contributed by atoms with Crippen LogP contribution in [0.5, 0.6) is 0 Å². The van der Waals surface area contributed by atoms with Gasteiger partial charge in [-0.3, -0.25) is 13.9 Å². The van der Waals surface area contributed by atoms with Crippen LogP contribution in [-0.4, -0.2) is 46.4 Å². The molecule has 0 spiro atoms. The molecule has 3 aromatic carbocycles. The van der Waals surface area contributed by atoms with Gasteiger partial charge < -0.3 is 25.4 Å². The molecule has 11 heteroatoms. The van der Waals surface area contributed by atoms with E-state index in [1.54, 1.807) is 84.9 Å². The third-order valence-corrected chi connectivity index (χ3v) is 6.53. The average molecular weight is 541 g/mol. The van der Waals surface area contributed by atoms with E-state index >= 15 is 0 Å². The molecule has 0 aliphatic carbocycles. The van der Waals surface area contributed by atoms with Crippen molar-refractivity contribution in [3.8, 4) is 0 Å². The lowest BCUT2D eigenvalue weighted by Gasteiger charge is -2.21. The molecule has 0 heterocycles. The third-order valence-electron chi connectivity index (χ3n) is 5.39. The highest BCUT2D eigenvalue weighted by molar-refractivity contribution is 7.52. The number of ether oxygens (including phenoxy) is 1. The molecule has 4 N–H and O–H groups in total. The fraction of sp³-hybridized carbons (Fsp3) is 0.222. The third kappa shape index (κ3) is 9.82. The molecule has 0 fully saturated rings. The lowest BCUT2D eigenvalue weighted by Crippen LogP contribution is -2.48. The van der Waals surface area contributed by atoms with Crippen LogP contribution < -0.4 is 10.6 Å². The minimum atomic E-state index is -4.56. The molecular formula is C27H29N2O8P. The molecule has 200 valence electrons. The number of amides is 2. The monoisotopic (exact) mass is 540 g/mol. The maximum atomic E-state index is 12.9. The Morgan fingerprint density at radius 1 is 0.789 bits per heavy atom. The van der Waals surface area contributed by atoms with Crippen LogP contribution in [0.4, 0.5) is 4.79 Å². The summed E-state index contributed by atoms with van der Waals surface area (Å²) in [6.07, 6.45) is -3.36. The number of alkyl carbamates (subject to hydrolysis) is 1. The van der Waals surface area contributed by atoms with Crippen LogP contribution in [-0.2, 0) is 42.9 Å². The van der Waals surface area contributed by atoms with Crippen LogP contribution in [0.25, 0.3) is 0 Å². The number of carbonyl (C=O) groups excluding carboxylic acids is 2. The summed E-state index contributed by atoms with van der Waals surface area (Å²) >= 11 is 0. The summed E-state index contributed by atoms with van der Waals surface area (Å²) in [6, 6.07) is 25.2. The second-order valence-corrected chi connectivity index (χ2v) is 10.2. The molecule has 2 amide bonds. The average Bonchev–Trinajstić information content (AvgIpc) is 2.91. The van der Waals surface area contributed by atoms with E-state index in [0.717, 1.165) is 11.1 Å². The molecule has 0 radical (unpaired) electrons. The maximum absolute atomic E-state index is 12.9. The summed E-state index contributed by atoms with van der Waals surface area (Å²) in [5.74, 6) is -2.18. The predicted octanol–water partition coefficient (Wildman–Crippen LogP) is 3.50. The Balaban J connectivity index is 1.61. The highest BCUT2D eigenvalue weighted by Gasteiger charge is 2.31. The minimum Gasteiger partial charge on any atom is -0.479 e. The van der Waals surface area contributed by atoms with Gasteiger partial charge in [0.15, 0.2) is 6.10 Å². The zero-order chi connectivity index (χ0) is 27.4. The van der Waals surface area contributed by atoms with Gasteiger partial charge in [0.25, 0.3) is 0 Å². The molecule has 0 saturated carbocycles. The normalized spacial score (nSPS) is 13.9. The summed E-state index contributed by atoms with van der Waals surface area (Å²) in [7, 11) is -4.56. The van der Waals surface area contributed by atoms with Crippen molar-refractivity contribution in [2.45, 2.75) is 31.6 Å². The number of aliphatic carboxylic acids is 1. The number of nitrogens with one attached hydrogen (secondary N) is 2. The van der Waals surface area contributed by atoms with Crippen LogP contribution in [0.2, 0.25) is 0 Å². The van der Waals surface area contributed by atoms with Gasteiger partial charge in [-0.2, -0.15) is 0 Å². The molecule has 3 atom stereocenters. The van der Waals surface area contributed by atoms with Crippen LogP contribution in [0.3, 0.4) is 0 Å². The number of hydrogen-bond acceptors (Lipinski definition) is 6. The summed E-state index contributed by atoms with van der Waals surface area (Å²) in [5.41, 5.74) is 2.09. The highest BCUT2D eigenvalue weighted by atomic mass is 31.2. The predicted molar refractivity (Wildman–Crippen MR) is 139 cm³/mol. The van der Waals surface area contributed by atoms with Crippen molar-refractivity contribution in [3.05, 3.63) is 108 Å². The Morgan fingerprint density at radius 2 is 1.29 bits per heavy atom. The molecule has 38 heavy (non-hydrogen) atoms. The van der Waals surface area contributed by atoms with E-state index in [0.29, 0.717) is 5.56 Å². The Hall–Kier alpha value is -3.98. The van der Waals surface area contributed by atoms with Crippen molar-refractivity contribution in [3.63, 3.8) is 0 Å². The quantitative estimate of drug-likeness (QED) is 0.241. The van der Waals surface area contributed by atoms with Gasteiger partial charge in [-0.05, 0) is 16.7 Å². The lowest BCUT2D eigenvalue weighted by molar-refractivity contribution is -0.145. The number of benzene rings is 3. The Labute approximate surface area is 220 Å². The highest BCUT2D eigenvalue weighted by Crippen LogP contribution is 2.42. The van der Waals surface area contributed by atoms with Crippen molar-refractivity contribution in [1.82, 2.24) is 10.6 Å². The second-order valence-electron chi connectivity index (χ2n) is 8.41. The van der Waals surface area contributed by atoms with E-state index in [4.69, 9.17) is 9.26 Å². The Morgan fingerprint density at radius 3 is 1.82 bits per heavy atom. The first-order valence-electron chi connectivity index (χ1n) is 11.8. The van der Waals surface area contributed by atoms with Gasteiger partial charge in [0.05, 0.1) is 0 Å². The van der Waals surface area contributed by atoms with Crippen LogP contribution in [0.1, 0.15) is 16.7 Å². The van der Waals surface area contributed by atoms with Crippen molar-refractivity contribution < 1.29 is 38.2 Å². The molecular weight excluding hydrogens is 511 g/mol. The smallest absolute Gasteiger partial charge is 0.408 e. The maximum Gasteiger partial charge on any atom is 0.408 e. The largest absolute Gasteiger partial charge is 0.479 e. The van der Waals surface area contributed by atoms with Gasteiger partial charge in [-0.15, -0.1) is 0 Å². The molecule has 0 aromatic heterocycles. The van der Waals surface area contributed by atoms with E-state index in [9.17, 15) is 28.9 Å². The van der Waals surface area contributed by atoms with E-state index in [-0.39, 0.29) is 19.4 Å². The lowest BCUT2D eigenvalue weighted by atomic mass is 10.1. The van der Waals surface area contributed by atoms with Gasteiger partial charge in [-0.25, -0.2) is 9.59 Å². The standard InChI is InChI=1S/C27H29N2O8P/c30-25(28-19-38(34,35)37-24(26(31)32)17-21-12-6-2-7-13-21)23(16-20-10-4-1-5-11-20)29-27(33)36-18-22-14-8-3-9-15-22/h1-15,23-24H,16-19H2,(H,28,30)(H,29,33)(H,31,32)(H,34,35)/t23-,24?/m0/s1. The first-order chi connectivity index (χ1) is 18.2. The topological polar surface area (TPSA) is 151 Å². The van der Waals surface area contributed by atoms with Crippen LogP contribution in [0.15, 0.2) is 91.0 Å². The van der Waals surface area contributed by atoms with Crippen molar-refractivity contribution in [1.29, 1.82) is 0 Å². The van der Waals surface area contributed by atoms with E-state index < -0.39 is 44.0 Å². The molecule has 0 aliphatic rings. The van der Waals surface area contributed by atoms with E-state index in [1.165, 1.54) is 0 Å². The van der Waals surface area contributed by atoms with Gasteiger partial charge in [0.1, 0.15) is 18.9 Å². The van der Waals surface area contributed by atoms with Crippen LogP contribution in [0, 0.1) is 0 Å². The van der Waals surface area contributed by atoms with Crippen LogP contribution >= 0.6 is 7.60 Å². The number of carboxylic acid groups (broad SMARTS) is 1. The first kappa shape index (κ1) is 28.6. The number of rotatable bonds is 13. The minimum absolute atomic E-state index is 0.00990. The summed E-state index contributed by atoms with van der Waals surface area (Å²) in [4.78, 5) is 47.2. The summed E-state index contributed by atoms with van der Waals surface area (Å²) in [6.45, 7) is -0.00990. The summed E-state index contributed by atoms with van der Waals surface area (Å²) < 4.78 is 22.8. The van der Waals surface area contributed by atoms with Gasteiger partial charge >= 0.3 is 19.7 Å². The number of carbonyl (C=O) groups is 3. The molecule has 10 nitrogen and oxygen atoms in total. The zero-order valence-corrected chi connectivity index (χ0v) is 21.3. The molecule has 2 unspecified atom stereocenters. The number of hydrogen-bond donors (Lipinski definition) is 4. The Kier molecular flexibility index (Phi) is 10.6. The van der Waals surface area contributed by atoms with Crippen molar-refractivity contribution >= 4 is 25.6 Å². The molecule has 3 rings (SSSR count). The van der Waals surface area contributed by atoms with E-state index in [1.807, 2.05) is 6.07 Å². The SMILES string of the molecule is O=C(N[C@@H](Cc1ccccc1)C(=O)NCP(=O)(O)OC(Cc1ccccc1)C(=O)O)OCc1ccccc1. The summed E-state index contributed by atoms with van der Waals surface area (Å²) in [5, 5.41) is 14.2. The second kappa shape index (κ2) is 14.1. The fourth-order valence-corrected chi connectivity index (χ4v) is 4.49. The molecule has 3 aromatic rings. The van der Waals surface area contributed by atoms with Gasteiger partial charge in [0, 0.05) is 12.8 Å². The van der Waals surface area contributed by atoms with Gasteiger partial charge in [-0.1, -0.05) is 91.0 Å².